The van der Waals surface area contributed by atoms with Gasteiger partial charge < -0.3 is 63.0 Å². The van der Waals surface area contributed by atoms with E-state index in [-0.39, 0.29) is 103 Å². The molecule has 6 aliphatic heterocycles. The summed E-state index contributed by atoms with van der Waals surface area (Å²) in [6.07, 6.45) is -2.45. The summed E-state index contributed by atoms with van der Waals surface area (Å²) in [5, 5.41) is 85.6. The standard InChI is InChI=1S/C42H55N6O14.Ni/c1-40-16-29(50)48-42(40)15-26-22(6-10-32(55)56)41(2,38(61)39(43)62)28(44-26)14-24-20(12-34(59)60)17-3-7-27(49)35(36(17)46-24)37-18(4-8-30(51)52)19(11-33(57)58)23(45-37)13-25(47-42)21(40)5-9-31(53)54;/h13,17-22,24-26,28,37-38,61H,3-12,14-16H2,1-2H3,(H9,43,46,48,49,50,51,52,53,54,55,56,57,58,59,60,62);/q-3;/p-1/b23-13-;/t17-,18-,19-,20-,21+,22+,24+,25?,26-,28?,37?,38+,40-,41-,42-;/m0./s1. The van der Waals surface area contributed by atoms with Crippen molar-refractivity contribution in [3.05, 3.63) is 44.3 Å². The number of aliphatic hydroxyl groups is 1. The largest absolute Gasteiger partial charge is 0.684 e. The van der Waals surface area contributed by atoms with Crippen molar-refractivity contribution >= 4 is 47.4 Å². The van der Waals surface area contributed by atoms with Crippen LogP contribution in [0.2, 0.25) is 0 Å². The van der Waals surface area contributed by atoms with Crippen molar-refractivity contribution in [2.45, 2.75) is 139 Å². The van der Waals surface area contributed by atoms with Gasteiger partial charge in [0, 0.05) is 55.0 Å². The van der Waals surface area contributed by atoms with Gasteiger partial charge in [-0.3, -0.25) is 38.4 Å². The normalized spacial score (nSPS) is 40.0. The summed E-state index contributed by atoms with van der Waals surface area (Å²) in [6.45, 7) is 3.39. The van der Waals surface area contributed by atoms with E-state index in [1.54, 1.807) is 19.9 Å². The Morgan fingerprint density at radius 2 is 1.46 bits per heavy atom. The minimum atomic E-state index is -1.88. The zero-order valence-corrected chi connectivity index (χ0v) is 35.8. The molecule has 0 aromatic rings. The van der Waals surface area contributed by atoms with E-state index in [9.17, 15) is 69.0 Å². The van der Waals surface area contributed by atoms with E-state index < -0.39 is 149 Å². The van der Waals surface area contributed by atoms with Crippen LogP contribution in [0.25, 0.3) is 21.3 Å². The number of carbonyl (C=O) groups excluding carboxylic acids is 3. The number of carboxylic acid groups (broad SMARTS) is 5. The van der Waals surface area contributed by atoms with Gasteiger partial charge in [-0.25, -0.2) is 0 Å². The van der Waals surface area contributed by atoms with Gasteiger partial charge in [-0.2, -0.15) is 11.4 Å². The number of fused-ring (bicyclic) bond motifs is 7. The maximum absolute atomic E-state index is 14.2. The first kappa shape index (κ1) is 47.9. The minimum Gasteiger partial charge on any atom is -0.684 e. The third kappa shape index (κ3) is 8.45. The van der Waals surface area contributed by atoms with Crippen molar-refractivity contribution in [3.8, 4) is 0 Å². The molecule has 350 valence electrons. The van der Waals surface area contributed by atoms with E-state index in [0.717, 1.165) is 0 Å². The monoisotopic (exact) mass is 924 g/mol. The topological polar surface area (TPSA) is 352 Å². The predicted molar refractivity (Wildman–Crippen MR) is 214 cm³/mol. The molecule has 2 amide bonds. The molecule has 9 N–H and O–H groups in total. The molecule has 7 rings (SSSR count). The average molecular weight is 926 g/mol. The summed E-state index contributed by atoms with van der Waals surface area (Å²) < 4.78 is 0. The number of allylic oxidation sites excluding steroid dienone is 2. The molecule has 7 aliphatic rings. The first-order chi connectivity index (χ1) is 29.1. The number of hydrogen-bond acceptors (Lipinski definition) is 9. The van der Waals surface area contributed by atoms with E-state index in [1.807, 2.05) is 0 Å². The Bertz CT molecular complexity index is 2010. The number of nitrogens with zero attached hydrogens (tertiary/aromatic N) is 4. The van der Waals surface area contributed by atoms with Crippen LogP contribution in [-0.2, 0) is 54.8 Å². The molecular weight excluding hydrogens is 871 g/mol. The summed E-state index contributed by atoms with van der Waals surface area (Å²) >= 11 is 0. The van der Waals surface area contributed by atoms with Gasteiger partial charge in [-0.05, 0) is 83.3 Å². The molecule has 63 heavy (non-hydrogen) atoms. The summed E-state index contributed by atoms with van der Waals surface area (Å²) in [6, 6.07) is -4.77. The molecular formula is C42H54N6NiO14-4. The Morgan fingerprint density at radius 1 is 0.841 bits per heavy atom. The van der Waals surface area contributed by atoms with E-state index in [0.29, 0.717) is 0 Å². The number of aliphatic carboxylic acids is 5. The summed E-state index contributed by atoms with van der Waals surface area (Å²) in [7, 11) is 0. The molecule has 5 saturated heterocycles. The number of Topliss-reactive ketones (excluding diaryl/α,β-unsaturated/α-hetero) is 1. The second-order valence-corrected chi connectivity index (χ2v) is 18.8. The van der Waals surface area contributed by atoms with E-state index in [1.165, 1.54) is 0 Å². The van der Waals surface area contributed by atoms with Crippen molar-refractivity contribution in [1.82, 2.24) is 5.32 Å². The third-order valence-electron chi connectivity index (χ3n) is 15.6. The van der Waals surface area contributed by atoms with Crippen molar-refractivity contribution < 1.29 is 85.5 Å². The fourth-order valence-corrected chi connectivity index (χ4v) is 12.7. The number of ketones is 1. The molecule has 21 heteroatoms. The van der Waals surface area contributed by atoms with Gasteiger partial charge in [0.15, 0.2) is 5.78 Å². The second-order valence-electron chi connectivity index (χ2n) is 18.8. The number of aliphatic hydroxyl groups excluding tert-OH is 1. The molecule has 1 aliphatic carbocycles. The first-order valence-electron chi connectivity index (χ1n) is 21.3. The number of rotatable bonds is 15. The second kappa shape index (κ2) is 17.8. The van der Waals surface area contributed by atoms with Crippen LogP contribution >= 0.6 is 0 Å². The Hall–Kier alpha value is -4.59. The van der Waals surface area contributed by atoms with Gasteiger partial charge in [0.1, 0.15) is 6.10 Å². The molecule has 15 atom stereocenters. The molecule has 0 aromatic heterocycles. The number of primary amides is 1. The summed E-state index contributed by atoms with van der Waals surface area (Å²) in [5.41, 5.74) is 2.28. The van der Waals surface area contributed by atoms with Gasteiger partial charge in [0.2, 0.25) is 11.8 Å². The molecule has 20 nitrogen and oxygen atoms in total. The van der Waals surface area contributed by atoms with Crippen LogP contribution in [-0.4, -0.2) is 120 Å². The maximum Gasteiger partial charge on any atom is 0.303 e. The molecule has 5 fully saturated rings. The Morgan fingerprint density at radius 3 is 2.06 bits per heavy atom. The fourth-order valence-electron chi connectivity index (χ4n) is 12.7. The number of hydrogen-bond donors (Lipinski definition) is 8. The summed E-state index contributed by atoms with van der Waals surface area (Å²) in [4.78, 5) is 102. The number of nitrogens with one attached hydrogen (secondary N) is 1. The predicted octanol–water partition coefficient (Wildman–Crippen LogP) is 2.99. The van der Waals surface area contributed by atoms with E-state index in [4.69, 9.17) is 27.0 Å². The van der Waals surface area contributed by atoms with E-state index in [2.05, 4.69) is 5.32 Å². The zero-order chi connectivity index (χ0) is 45.2. The molecule has 0 radical (unpaired) electrons. The van der Waals surface area contributed by atoms with Crippen LogP contribution in [0.1, 0.15) is 97.3 Å². The molecule has 1 spiro atoms. The number of nitrogens with two attached hydrogens (primary N) is 1. The van der Waals surface area contributed by atoms with Crippen LogP contribution in [0.3, 0.4) is 0 Å². The maximum atomic E-state index is 14.2. The first-order valence-corrected chi connectivity index (χ1v) is 21.3. The van der Waals surface area contributed by atoms with Crippen LogP contribution in [0, 0.1) is 46.3 Å². The van der Waals surface area contributed by atoms with Gasteiger partial charge in [-0.1, -0.05) is 32.7 Å². The average Bonchev–Trinajstić information content (AvgIpc) is 3.87. The summed E-state index contributed by atoms with van der Waals surface area (Å²) in [5.74, 6) is -12.3. The zero-order valence-electron chi connectivity index (χ0n) is 34.8. The van der Waals surface area contributed by atoms with Gasteiger partial charge in [0.25, 0.3) is 0 Å². The molecule has 0 saturated carbocycles. The fraction of sp³-hybridized carbons (Fsp3) is 0.714. The third-order valence-corrected chi connectivity index (χ3v) is 15.6. The number of amides is 2. The van der Waals surface area contributed by atoms with Crippen molar-refractivity contribution in [2.24, 2.45) is 52.1 Å². The minimum absolute atomic E-state index is 0. The molecule has 0 aromatic carbocycles. The van der Waals surface area contributed by atoms with Crippen molar-refractivity contribution in [1.29, 1.82) is 0 Å². The number of carbonyl (C=O) groups is 8. The Kier molecular flexibility index (Phi) is 13.5. The van der Waals surface area contributed by atoms with Crippen LogP contribution < -0.4 is 11.1 Å². The Balaban J connectivity index is 0.00000661. The van der Waals surface area contributed by atoms with Crippen LogP contribution in [0.4, 0.5) is 0 Å². The van der Waals surface area contributed by atoms with Crippen LogP contribution in [0.5, 0.6) is 0 Å². The van der Waals surface area contributed by atoms with Gasteiger partial charge in [0.05, 0.1) is 6.42 Å². The van der Waals surface area contributed by atoms with Gasteiger partial charge in [-0.15, -0.1) is 30.2 Å². The smallest absolute Gasteiger partial charge is 0.303 e. The van der Waals surface area contributed by atoms with Crippen molar-refractivity contribution in [3.63, 3.8) is 0 Å². The van der Waals surface area contributed by atoms with Gasteiger partial charge >= 0.3 is 29.8 Å². The quantitative estimate of drug-likeness (QED) is 0.110. The van der Waals surface area contributed by atoms with Crippen molar-refractivity contribution in [2.75, 3.05) is 0 Å². The SMILES string of the molecule is C[C@@]1([C@H](O)C(N)=O)C2C[C@H]3[N-]C4=C(C(=O)CC[C@H]4[C@@H]3CC(=O)O)C3[N-]/C(=C\C4[N-][C@@]5(C[C@H]([N-]2)[C@H]1CCC(=O)O)NC(=O)C[C@@]5(C)[C@@H]4CCC(=O)O)[C@@H](CC(=O)O)[C@@H]3CCC(=O)O.[Ni]. The Labute approximate surface area is 372 Å². The molecule has 6 heterocycles. The van der Waals surface area contributed by atoms with Crippen LogP contribution in [0.15, 0.2) is 23.0 Å². The number of carboxylic acids is 5. The molecule has 8 bridgehead atoms. The van der Waals surface area contributed by atoms with E-state index >= 15 is 0 Å². The molecule has 3 unspecified atom stereocenters.